The molecule has 0 bridgehead atoms. The van der Waals surface area contributed by atoms with Gasteiger partial charge in [-0.2, -0.15) is 15.4 Å². The topological polar surface area (TPSA) is 99.1 Å². The maximum Gasteiger partial charge on any atom is 0.314 e. The van der Waals surface area contributed by atoms with E-state index in [2.05, 4.69) is 111 Å². The number of aliphatic hydroxyl groups is 1. The van der Waals surface area contributed by atoms with E-state index in [1.165, 1.54) is 0 Å². The summed E-state index contributed by atoms with van der Waals surface area (Å²) in [6, 6.07) is 23.9. The molecule has 4 aromatic rings. The second-order valence-corrected chi connectivity index (χ2v) is 16.8. The average molecular weight is 636 g/mol. The first-order chi connectivity index (χ1) is 21.6. The van der Waals surface area contributed by atoms with E-state index in [0.717, 1.165) is 44.4 Å². The van der Waals surface area contributed by atoms with Crippen LogP contribution in [0, 0.1) is 16.7 Å². The van der Waals surface area contributed by atoms with Crippen LogP contribution in [-0.4, -0.2) is 31.6 Å². The summed E-state index contributed by atoms with van der Waals surface area (Å²) in [5.41, 5.74) is 4.90. The number of aliphatic carboxylic acids is 1. The molecule has 6 nitrogen and oxygen atoms in total. The second-order valence-electron chi connectivity index (χ2n) is 16.8. The number of rotatable bonds is 3. The number of carbonyl (C=O) groups is 1. The van der Waals surface area contributed by atoms with Gasteiger partial charge in [0.2, 0.25) is 0 Å². The average Bonchev–Trinajstić information content (AvgIpc) is 3.44. The standard InChI is InChI=1S/C35H48O3.C6H5N3/c1-31(2,3)24-18-14-13-17-22(24)28-23(30(36)37)21-27(33(7,8)9)35(38,29(28)34(10,11)12)26-20-16-15-19-25(26)32(4,5)6;1-2-4-6-5(3-1)7-9-8-6/h13-21,23,38H,1-12H3,(H,36,37);1-4H,(H,7,8,9). The minimum Gasteiger partial charge on any atom is -0.481 e. The first kappa shape index (κ1) is 35.8. The molecule has 0 spiro atoms. The lowest BCUT2D eigenvalue weighted by Crippen LogP contribution is -2.46. The molecule has 250 valence electrons. The Kier molecular flexibility index (Phi) is 9.55. The number of benzene rings is 3. The molecule has 0 aliphatic heterocycles. The van der Waals surface area contributed by atoms with Crippen molar-refractivity contribution >= 4 is 22.6 Å². The number of hydrogen-bond acceptors (Lipinski definition) is 4. The number of H-pyrrole nitrogens is 1. The van der Waals surface area contributed by atoms with Crippen LogP contribution in [0.15, 0.2) is 90.0 Å². The number of aromatic amines is 1. The molecule has 2 atom stereocenters. The van der Waals surface area contributed by atoms with Gasteiger partial charge in [-0.3, -0.25) is 4.79 Å². The monoisotopic (exact) mass is 635 g/mol. The molecule has 1 aliphatic carbocycles. The number of aromatic nitrogens is 3. The van der Waals surface area contributed by atoms with Gasteiger partial charge in [0.15, 0.2) is 0 Å². The van der Waals surface area contributed by atoms with Crippen LogP contribution >= 0.6 is 0 Å². The van der Waals surface area contributed by atoms with E-state index >= 15 is 0 Å². The normalized spacial score (nSPS) is 19.3. The Morgan fingerprint density at radius 2 is 1.13 bits per heavy atom. The van der Waals surface area contributed by atoms with E-state index in [1.54, 1.807) is 0 Å². The molecule has 1 aromatic heterocycles. The molecule has 5 rings (SSSR count). The van der Waals surface area contributed by atoms with Gasteiger partial charge in [-0.15, -0.1) is 0 Å². The van der Waals surface area contributed by atoms with E-state index in [9.17, 15) is 15.0 Å². The maximum atomic E-state index is 13.4. The van der Waals surface area contributed by atoms with Gasteiger partial charge in [0, 0.05) is 0 Å². The number of carboxylic acids is 1. The van der Waals surface area contributed by atoms with Crippen LogP contribution in [0.4, 0.5) is 0 Å². The van der Waals surface area contributed by atoms with E-state index in [4.69, 9.17) is 0 Å². The highest BCUT2D eigenvalue weighted by Gasteiger charge is 2.53. The van der Waals surface area contributed by atoms with Crippen LogP contribution in [0.25, 0.3) is 16.6 Å². The highest BCUT2D eigenvalue weighted by Crippen LogP contribution is 2.59. The van der Waals surface area contributed by atoms with Crippen LogP contribution in [0.2, 0.25) is 0 Å². The highest BCUT2D eigenvalue weighted by atomic mass is 16.4. The molecule has 0 saturated heterocycles. The third-order valence-electron chi connectivity index (χ3n) is 8.86. The maximum absolute atomic E-state index is 13.4. The van der Waals surface area contributed by atoms with Gasteiger partial charge < -0.3 is 10.2 Å². The zero-order chi connectivity index (χ0) is 35.2. The molecule has 0 fully saturated rings. The summed E-state index contributed by atoms with van der Waals surface area (Å²) in [5, 5.41) is 34.4. The molecule has 1 aliphatic rings. The number of hydrogen-bond donors (Lipinski definition) is 3. The largest absolute Gasteiger partial charge is 0.481 e. The van der Waals surface area contributed by atoms with Crippen LogP contribution < -0.4 is 0 Å². The first-order valence-corrected chi connectivity index (χ1v) is 16.5. The van der Waals surface area contributed by atoms with Crippen LogP contribution in [-0.2, 0) is 21.2 Å². The lowest BCUT2D eigenvalue weighted by molar-refractivity contribution is -0.138. The van der Waals surface area contributed by atoms with Crippen molar-refractivity contribution in [3.8, 4) is 0 Å². The van der Waals surface area contributed by atoms with Gasteiger partial charge in [-0.05, 0) is 72.8 Å². The molecule has 2 unspecified atom stereocenters. The minimum absolute atomic E-state index is 0.217. The van der Waals surface area contributed by atoms with Gasteiger partial charge in [0.1, 0.15) is 22.6 Å². The summed E-state index contributed by atoms with van der Waals surface area (Å²) >= 11 is 0. The molecule has 3 aromatic carbocycles. The van der Waals surface area contributed by atoms with Crippen molar-refractivity contribution in [1.82, 2.24) is 15.4 Å². The zero-order valence-electron chi connectivity index (χ0n) is 30.3. The summed E-state index contributed by atoms with van der Waals surface area (Å²) in [7, 11) is 0. The van der Waals surface area contributed by atoms with Gasteiger partial charge >= 0.3 is 5.97 Å². The Balaban J connectivity index is 0.000000471. The van der Waals surface area contributed by atoms with E-state index in [0.29, 0.717) is 5.57 Å². The van der Waals surface area contributed by atoms with Crippen molar-refractivity contribution in [2.45, 2.75) is 99.5 Å². The van der Waals surface area contributed by atoms with E-state index in [1.807, 2.05) is 66.7 Å². The molecule has 1 heterocycles. The SMILES string of the molecule is CC(C)(C)C1=CC(C(=O)O)C(c2ccccc2C(C)(C)C)=C(C(C)(C)C)C1(O)c1ccccc1C(C)(C)C.c1ccc2n[nH]nc2c1. The van der Waals surface area contributed by atoms with Crippen molar-refractivity contribution in [2.75, 3.05) is 0 Å². The quantitative estimate of drug-likeness (QED) is 0.195. The number of para-hydroxylation sites is 2. The Hall–Kier alpha value is -4.03. The third kappa shape index (κ3) is 7.13. The van der Waals surface area contributed by atoms with E-state index < -0.39 is 28.3 Å². The zero-order valence-corrected chi connectivity index (χ0v) is 30.3. The molecule has 0 radical (unpaired) electrons. The van der Waals surface area contributed by atoms with Gasteiger partial charge in [-0.25, -0.2) is 0 Å². The summed E-state index contributed by atoms with van der Waals surface area (Å²) < 4.78 is 0. The van der Waals surface area contributed by atoms with E-state index in [-0.39, 0.29) is 10.8 Å². The van der Waals surface area contributed by atoms with Crippen LogP contribution in [0.5, 0.6) is 0 Å². The Bertz CT molecular complexity index is 1790. The first-order valence-electron chi connectivity index (χ1n) is 16.5. The third-order valence-corrected chi connectivity index (χ3v) is 8.86. The minimum atomic E-state index is -1.49. The predicted octanol–water partition coefficient (Wildman–Crippen LogP) is 9.61. The summed E-state index contributed by atoms with van der Waals surface area (Å²) in [6.07, 6.45) is 1.84. The van der Waals surface area contributed by atoms with Crippen LogP contribution in [0.1, 0.15) is 105 Å². The number of fused-ring (bicyclic) bond motifs is 1. The van der Waals surface area contributed by atoms with Crippen molar-refractivity contribution in [3.63, 3.8) is 0 Å². The smallest absolute Gasteiger partial charge is 0.314 e. The van der Waals surface area contributed by atoms with Crippen LogP contribution in [0.3, 0.4) is 0 Å². The fourth-order valence-electron chi connectivity index (χ4n) is 6.98. The summed E-state index contributed by atoms with van der Waals surface area (Å²) in [6.45, 7) is 25.4. The fourth-order valence-corrected chi connectivity index (χ4v) is 6.98. The molecule has 0 saturated carbocycles. The molecule has 47 heavy (non-hydrogen) atoms. The molecule has 6 heteroatoms. The lowest BCUT2D eigenvalue weighted by atomic mass is 9.56. The van der Waals surface area contributed by atoms with Crippen molar-refractivity contribution < 1.29 is 15.0 Å². The van der Waals surface area contributed by atoms with Gasteiger partial charge in [-0.1, -0.05) is 150 Å². The Labute approximate surface area is 281 Å². The van der Waals surface area contributed by atoms with Crippen molar-refractivity contribution in [2.24, 2.45) is 16.7 Å². The lowest BCUT2D eigenvalue weighted by Gasteiger charge is -2.50. The number of nitrogens with one attached hydrogen (secondary N) is 1. The number of nitrogens with zero attached hydrogens (tertiary/aromatic N) is 2. The molecule has 0 amide bonds. The Morgan fingerprint density at radius 1 is 0.660 bits per heavy atom. The van der Waals surface area contributed by atoms with Gasteiger partial charge in [0.05, 0.1) is 0 Å². The number of carboxylic acid groups (broad SMARTS) is 1. The fraction of sp³-hybridized carbons (Fsp3) is 0.439. The summed E-state index contributed by atoms with van der Waals surface area (Å²) in [4.78, 5) is 13.1. The summed E-state index contributed by atoms with van der Waals surface area (Å²) in [5.74, 6) is -1.79. The highest BCUT2D eigenvalue weighted by molar-refractivity contribution is 5.94. The predicted molar refractivity (Wildman–Crippen MR) is 193 cm³/mol. The molecular weight excluding hydrogens is 582 g/mol. The molecular formula is C41H53N3O3. The van der Waals surface area contributed by atoms with Crippen molar-refractivity contribution in [1.29, 1.82) is 0 Å². The Morgan fingerprint density at radius 3 is 1.60 bits per heavy atom. The second kappa shape index (κ2) is 12.5. The van der Waals surface area contributed by atoms with Gasteiger partial charge in [0.25, 0.3) is 0 Å². The van der Waals surface area contributed by atoms with Crippen molar-refractivity contribution in [3.05, 3.63) is 112 Å². The molecule has 3 N–H and O–H groups in total.